The number of aromatic nitrogens is 1. The number of ether oxygens (including phenoxy) is 2. The van der Waals surface area contributed by atoms with Crippen LogP contribution in [-0.4, -0.2) is 65.7 Å². The molecule has 1 aromatic heterocycles. The van der Waals surface area contributed by atoms with Crippen LogP contribution in [0, 0.1) is 5.92 Å². The summed E-state index contributed by atoms with van der Waals surface area (Å²) in [4.78, 5) is 20.3. The standard InChI is InChI=1S/C22H29N3O3/c1-16(2)28-21-5-3-4-17(8-21)10-24-11-18-12-25(13-20(24)15-27-14-18)22(26)19-6-7-23-9-19/h3-9,16,18,20,23H,10-15H2,1-2H3/t18-,20+/m1/s1. The molecule has 0 spiro atoms. The summed E-state index contributed by atoms with van der Waals surface area (Å²) in [6, 6.07) is 10.4. The number of hydrogen-bond donors (Lipinski definition) is 1. The lowest BCUT2D eigenvalue weighted by Gasteiger charge is -2.31. The van der Waals surface area contributed by atoms with Gasteiger partial charge in [0, 0.05) is 44.5 Å². The maximum absolute atomic E-state index is 12.9. The molecular formula is C22H29N3O3. The Morgan fingerprint density at radius 3 is 2.93 bits per heavy atom. The second kappa shape index (κ2) is 8.37. The summed E-state index contributed by atoms with van der Waals surface area (Å²) in [5.41, 5.74) is 1.96. The zero-order chi connectivity index (χ0) is 19.5. The third-order valence-electron chi connectivity index (χ3n) is 5.37. The van der Waals surface area contributed by atoms with Crippen molar-refractivity contribution in [2.75, 3.05) is 32.8 Å². The van der Waals surface area contributed by atoms with E-state index in [-0.39, 0.29) is 18.1 Å². The molecule has 2 aliphatic rings. The summed E-state index contributed by atoms with van der Waals surface area (Å²) in [5, 5.41) is 0. The number of H-pyrrole nitrogens is 1. The Morgan fingerprint density at radius 1 is 1.25 bits per heavy atom. The molecule has 4 rings (SSSR count). The molecule has 0 unspecified atom stereocenters. The number of fused-ring (bicyclic) bond motifs is 3. The van der Waals surface area contributed by atoms with Crippen LogP contribution in [-0.2, 0) is 11.3 Å². The van der Waals surface area contributed by atoms with E-state index >= 15 is 0 Å². The molecule has 0 radical (unpaired) electrons. The van der Waals surface area contributed by atoms with Crippen LogP contribution < -0.4 is 4.74 Å². The quantitative estimate of drug-likeness (QED) is 0.863. The topological polar surface area (TPSA) is 57.8 Å². The van der Waals surface area contributed by atoms with Crippen LogP contribution in [0.2, 0.25) is 0 Å². The number of carbonyl (C=O) groups excluding carboxylic acids is 1. The Morgan fingerprint density at radius 2 is 2.14 bits per heavy atom. The first kappa shape index (κ1) is 19.0. The molecule has 1 amide bonds. The number of rotatable bonds is 5. The maximum Gasteiger partial charge on any atom is 0.255 e. The molecule has 0 aliphatic carbocycles. The molecule has 6 nitrogen and oxygen atoms in total. The van der Waals surface area contributed by atoms with Crippen molar-refractivity contribution >= 4 is 5.91 Å². The lowest BCUT2D eigenvalue weighted by atomic mass is 10.1. The minimum Gasteiger partial charge on any atom is -0.491 e. The summed E-state index contributed by atoms with van der Waals surface area (Å²) < 4.78 is 11.8. The molecule has 1 aromatic carbocycles. The van der Waals surface area contributed by atoms with E-state index in [2.05, 4.69) is 28.1 Å². The molecule has 150 valence electrons. The third-order valence-corrected chi connectivity index (χ3v) is 5.37. The van der Waals surface area contributed by atoms with Crippen molar-refractivity contribution in [3.63, 3.8) is 0 Å². The number of carbonyl (C=O) groups is 1. The molecule has 2 bridgehead atoms. The first-order valence-electron chi connectivity index (χ1n) is 10.1. The van der Waals surface area contributed by atoms with E-state index in [9.17, 15) is 4.79 Å². The number of aromatic amines is 1. The Balaban J connectivity index is 1.49. The first-order chi connectivity index (χ1) is 13.6. The highest BCUT2D eigenvalue weighted by Crippen LogP contribution is 2.24. The van der Waals surface area contributed by atoms with Crippen LogP contribution in [0.5, 0.6) is 5.75 Å². The molecule has 6 heteroatoms. The van der Waals surface area contributed by atoms with Gasteiger partial charge in [-0.15, -0.1) is 0 Å². The molecule has 3 heterocycles. The fourth-order valence-electron chi connectivity index (χ4n) is 4.15. The van der Waals surface area contributed by atoms with Crippen molar-refractivity contribution in [3.05, 3.63) is 53.9 Å². The fraction of sp³-hybridized carbons (Fsp3) is 0.500. The molecule has 1 N–H and O–H groups in total. The van der Waals surface area contributed by atoms with Crippen molar-refractivity contribution < 1.29 is 14.3 Å². The minimum atomic E-state index is 0.104. The van der Waals surface area contributed by atoms with Gasteiger partial charge in [-0.2, -0.15) is 0 Å². The van der Waals surface area contributed by atoms with Crippen LogP contribution in [0.4, 0.5) is 0 Å². The molecule has 2 fully saturated rings. The maximum atomic E-state index is 12.9. The second-order valence-corrected chi connectivity index (χ2v) is 8.11. The summed E-state index contributed by atoms with van der Waals surface area (Å²) >= 11 is 0. The van der Waals surface area contributed by atoms with Gasteiger partial charge < -0.3 is 19.4 Å². The van der Waals surface area contributed by atoms with Gasteiger partial charge in [-0.1, -0.05) is 12.1 Å². The highest BCUT2D eigenvalue weighted by Gasteiger charge is 2.35. The largest absolute Gasteiger partial charge is 0.491 e. The van der Waals surface area contributed by atoms with E-state index in [0.717, 1.165) is 30.9 Å². The SMILES string of the molecule is CC(C)Oc1cccc(CN2C[C@H]3COC[C@@H]2CN(C(=O)c2cc[nH]c2)C3)c1. The van der Waals surface area contributed by atoms with Gasteiger partial charge in [0.2, 0.25) is 0 Å². The number of nitrogens with zero attached hydrogens (tertiary/aromatic N) is 2. The highest BCUT2D eigenvalue weighted by atomic mass is 16.5. The van der Waals surface area contributed by atoms with Crippen molar-refractivity contribution in [1.29, 1.82) is 0 Å². The predicted octanol–water partition coefficient (Wildman–Crippen LogP) is 2.77. The Labute approximate surface area is 166 Å². The number of benzene rings is 1. The van der Waals surface area contributed by atoms with Gasteiger partial charge in [0.05, 0.1) is 30.9 Å². The van der Waals surface area contributed by atoms with Gasteiger partial charge in [0.1, 0.15) is 5.75 Å². The van der Waals surface area contributed by atoms with E-state index in [1.54, 1.807) is 12.4 Å². The number of nitrogens with one attached hydrogen (secondary N) is 1. The van der Waals surface area contributed by atoms with Gasteiger partial charge in [-0.3, -0.25) is 9.69 Å². The molecule has 28 heavy (non-hydrogen) atoms. The molecular weight excluding hydrogens is 354 g/mol. The van der Waals surface area contributed by atoms with E-state index < -0.39 is 0 Å². The van der Waals surface area contributed by atoms with Crippen molar-refractivity contribution in [2.24, 2.45) is 5.92 Å². The van der Waals surface area contributed by atoms with Gasteiger partial charge in [0.25, 0.3) is 5.91 Å². The minimum absolute atomic E-state index is 0.104. The second-order valence-electron chi connectivity index (χ2n) is 8.11. The summed E-state index contributed by atoms with van der Waals surface area (Å²) in [7, 11) is 0. The van der Waals surface area contributed by atoms with Gasteiger partial charge in [-0.05, 0) is 37.6 Å². The normalized spacial score (nSPS) is 22.9. The number of hydrogen-bond acceptors (Lipinski definition) is 4. The summed E-state index contributed by atoms with van der Waals surface area (Å²) in [5.74, 6) is 1.34. The summed E-state index contributed by atoms with van der Waals surface area (Å²) in [6.07, 6.45) is 3.74. The summed E-state index contributed by atoms with van der Waals surface area (Å²) in [6.45, 7) is 8.67. The van der Waals surface area contributed by atoms with Crippen molar-refractivity contribution in [1.82, 2.24) is 14.8 Å². The molecule has 2 atom stereocenters. The zero-order valence-electron chi connectivity index (χ0n) is 16.6. The Kier molecular flexibility index (Phi) is 5.69. The highest BCUT2D eigenvalue weighted by molar-refractivity contribution is 5.94. The monoisotopic (exact) mass is 383 g/mol. The van der Waals surface area contributed by atoms with Crippen LogP contribution in [0.1, 0.15) is 29.8 Å². The predicted molar refractivity (Wildman–Crippen MR) is 107 cm³/mol. The average Bonchev–Trinajstić information content (AvgIpc) is 3.04. The number of amides is 1. The van der Waals surface area contributed by atoms with Gasteiger partial charge in [-0.25, -0.2) is 0 Å². The van der Waals surface area contributed by atoms with Crippen LogP contribution >= 0.6 is 0 Å². The lowest BCUT2D eigenvalue weighted by molar-refractivity contribution is 0.0406. The van der Waals surface area contributed by atoms with E-state index in [1.807, 2.05) is 30.9 Å². The van der Waals surface area contributed by atoms with Gasteiger partial charge >= 0.3 is 0 Å². The fourth-order valence-corrected chi connectivity index (χ4v) is 4.15. The Hall–Kier alpha value is -2.31. The van der Waals surface area contributed by atoms with Crippen LogP contribution in [0.15, 0.2) is 42.7 Å². The van der Waals surface area contributed by atoms with Crippen LogP contribution in [0.3, 0.4) is 0 Å². The van der Waals surface area contributed by atoms with E-state index in [1.165, 1.54) is 5.56 Å². The van der Waals surface area contributed by atoms with E-state index in [4.69, 9.17) is 9.47 Å². The molecule has 2 aromatic rings. The molecule has 0 saturated carbocycles. The smallest absolute Gasteiger partial charge is 0.255 e. The molecule has 2 aliphatic heterocycles. The van der Waals surface area contributed by atoms with Crippen molar-refractivity contribution in [2.45, 2.75) is 32.5 Å². The average molecular weight is 383 g/mol. The Bertz CT molecular complexity index is 790. The lowest BCUT2D eigenvalue weighted by Crippen LogP contribution is -2.45. The zero-order valence-corrected chi connectivity index (χ0v) is 16.6. The molecule has 2 saturated heterocycles. The first-order valence-corrected chi connectivity index (χ1v) is 10.1. The van der Waals surface area contributed by atoms with Gasteiger partial charge in [0.15, 0.2) is 0 Å². The third kappa shape index (κ3) is 4.39. The van der Waals surface area contributed by atoms with Crippen molar-refractivity contribution in [3.8, 4) is 5.75 Å². The van der Waals surface area contributed by atoms with E-state index in [0.29, 0.717) is 25.7 Å². The van der Waals surface area contributed by atoms with Crippen LogP contribution in [0.25, 0.3) is 0 Å².